The first-order valence-electron chi connectivity index (χ1n) is 8.80. The molecule has 0 aliphatic heterocycles. The summed E-state index contributed by atoms with van der Waals surface area (Å²) in [5.74, 6) is 0.530. The minimum absolute atomic E-state index is 0.00594. The van der Waals surface area contributed by atoms with Crippen molar-refractivity contribution >= 4 is 27.2 Å². The van der Waals surface area contributed by atoms with Crippen molar-refractivity contribution in [3.63, 3.8) is 0 Å². The van der Waals surface area contributed by atoms with Crippen LogP contribution < -0.4 is 9.46 Å². The van der Waals surface area contributed by atoms with Gasteiger partial charge in [0, 0.05) is 12.3 Å². The van der Waals surface area contributed by atoms with Gasteiger partial charge in [-0.2, -0.15) is 10.2 Å². The van der Waals surface area contributed by atoms with E-state index in [0.29, 0.717) is 11.4 Å². The van der Waals surface area contributed by atoms with Crippen molar-refractivity contribution in [3.05, 3.63) is 66.9 Å². The van der Waals surface area contributed by atoms with E-state index in [2.05, 4.69) is 19.9 Å². The summed E-state index contributed by atoms with van der Waals surface area (Å²) in [6.07, 6.45) is 1.50. The predicted octanol–water partition coefficient (Wildman–Crippen LogP) is 5.04. The molecule has 0 unspecified atom stereocenters. The van der Waals surface area contributed by atoms with Crippen LogP contribution in [-0.4, -0.2) is 25.6 Å². The van der Waals surface area contributed by atoms with E-state index in [-0.39, 0.29) is 22.2 Å². The number of hydrogen-bond acceptors (Lipinski definition) is 7. The van der Waals surface area contributed by atoms with Crippen LogP contribution in [0, 0.1) is 0 Å². The van der Waals surface area contributed by atoms with Crippen molar-refractivity contribution < 1.29 is 18.3 Å². The lowest BCUT2D eigenvalue weighted by molar-refractivity contribution is 0.373. The molecular weight excluding hydrogens is 392 g/mol. The van der Waals surface area contributed by atoms with Gasteiger partial charge in [0.2, 0.25) is 0 Å². The van der Waals surface area contributed by atoms with Crippen LogP contribution in [0.3, 0.4) is 0 Å². The highest BCUT2D eigenvalue weighted by molar-refractivity contribution is 7.92. The summed E-state index contributed by atoms with van der Waals surface area (Å²) in [5, 5.41) is 17.7. The number of pyridine rings is 1. The Hall–Kier alpha value is -3.46. The van der Waals surface area contributed by atoms with Gasteiger partial charge >= 0.3 is 0 Å². The van der Waals surface area contributed by atoms with Crippen molar-refractivity contribution in [1.29, 1.82) is 0 Å². The van der Waals surface area contributed by atoms with Crippen LogP contribution in [-0.2, 0) is 10.0 Å². The third kappa shape index (κ3) is 6.01. The first kappa shape index (κ1) is 21.8. The number of nitrogens with zero attached hydrogens (tertiary/aromatic N) is 3. The van der Waals surface area contributed by atoms with Crippen LogP contribution in [0.5, 0.6) is 11.5 Å². The molecule has 0 atom stereocenters. The zero-order valence-electron chi connectivity index (χ0n) is 16.3. The van der Waals surface area contributed by atoms with E-state index in [1.807, 2.05) is 13.8 Å². The predicted molar refractivity (Wildman–Crippen MR) is 112 cm³/mol. The van der Waals surface area contributed by atoms with E-state index in [1.54, 1.807) is 24.3 Å². The maximum absolute atomic E-state index is 12.4. The molecule has 0 bridgehead atoms. The fraction of sp³-hybridized carbons (Fsp3) is 0.150. The number of benzene rings is 2. The fourth-order valence-electron chi connectivity index (χ4n) is 2.16. The molecule has 1 heterocycles. The maximum Gasteiger partial charge on any atom is 0.263 e. The number of methoxy groups -OCH3 is 1. The van der Waals surface area contributed by atoms with Crippen LogP contribution in [0.4, 0.5) is 17.2 Å². The minimum atomic E-state index is -3.74. The van der Waals surface area contributed by atoms with Crippen LogP contribution in [0.15, 0.2) is 82.0 Å². The number of aromatic hydroxyl groups is 1. The monoisotopic (exact) mass is 414 g/mol. The molecule has 8 nitrogen and oxygen atoms in total. The Kier molecular flexibility index (Phi) is 7.67. The van der Waals surface area contributed by atoms with Gasteiger partial charge in [-0.1, -0.05) is 19.9 Å². The average Bonchev–Trinajstić information content (AvgIpc) is 2.75. The second kappa shape index (κ2) is 10.2. The second-order valence-corrected chi connectivity index (χ2v) is 7.05. The summed E-state index contributed by atoms with van der Waals surface area (Å²) in [4.78, 5) is 4.02. The van der Waals surface area contributed by atoms with Crippen molar-refractivity contribution in [2.75, 3.05) is 11.8 Å². The number of phenols is 1. The Morgan fingerprint density at radius 1 is 0.966 bits per heavy atom. The molecule has 0 spiro atoms. The lowest BCUT2D eigenvalue weighted by atomic mass is 10.3. The quantitative estimate of drug-likeness (QED) is 0.549. The van der Waals surface area contributed by atoms with E-state index in [0.717, 1.165) is 0 Å². The molecule has 0 aliphatic carbocycles. The van der Waals surface area contributed by atoms with Crippen LogP contribution in [0.2, 0.25) is 0 Å². The summed E-state index contributed by atoms with van der Waals surface area (Å²) >= 11 is 0. The number of ether oxygens (including phenoxy) is 1. The topological polar surface area (TPSA) is 113 Å². The highest BCUT2D eigenvalue weighted by atomic mass is 32.2. The normalized spacial score (nSPS) is 10.9. The van der Waals surface area contributed by atoms with Crippen molar-refractivity contribution in [2.24, 2.45) is 10.2 Å². The lowest BCUT2D eigenvalue weighted by Gasteiger charge is -2.07. The van der Waals surface area contributed by atoms with Crippen LogP contribution in [0.25, 0.3) is 0 Å². The highest BCUT2D eigenvalue weighted by Gasteiger charge is 2.14. The third-order valence-corrected chi connectivity index (χ3v) is 4.87. The first-order valence-corrected chi connectivity index (χ1v) is 10.3. The molecule has 9 heteroatoms. The number of phenolic OH excluding ortho intramolecular Hbond substituents is 1. The summed E-state index contributed by atoms with van der Waals surface area (Å²) < 4.78 is 32.1. The molecule has 0 aliphatic rings. The van der Waals surface area contributed by atoms with Gasteiger partial charge in [-0.05, 0) is 48.5 Å². The van der Waals surface area contributed by atoms with Gasteiger partial charge in [-0.15, -0.1) is 0 Å². The number of aromatic nitrogens is 1. The Morgan fingerprint density at radius 3 is 2.24 bits per heavy atom. The Bertz CT molecular complexity index is 1050. The average molecular weight is 414 g/mol. The van der Waals surface area contributed by atoms with E-state index in [9.17, 15) is 13.5 Å². The number of hydrogen-bond donors (Lipinski definition) is 2. The number of azo groups is 1. The van der Waals surface area contributed by atoms with E-state index in [1.165, 1.54) is 49.7 Å². The standard InChI is InChI=1S/C18H16N4O4S.C2H6/c1-26-17-12-14(7-10-16(17)23)21-20-13-5-8-15(9-6-13)27(24,25)22-18-4-2-3-11-19-18;1-2/h2-12,23H,1H3,(H,19,22);1-2H3. The molecule has 3 rings (SSSR count). The van der Waals surface area contributed by atoms with Crippen molar-refractivity contribution in [3.8, 4) is 11.5 Å². The largest absolute Gasteiger partial charge is 0.504 e. The minimum Gasteiger partial charge on any atom is -0.504 e. The molecule has 152 valence electrons. The molecule has 3 aromatic rings. The zero-order chi connectivity index (χ0) is 21.3. The number of nitrogens with one attached hydrogen (secondary N) is 1. The van der Waals surface area contributed by atoms with Crippen molar-refractivity contribution in [1.82, 2.24) is 4.98 Å². The van der Waals surface area contributed by atoms with Gasteiger partial charge in [0.25, 0.3) is 10.0 Å². The zero-order valence-corrected chi connectivity index (χ0v) is 17.1. The number of rotatable bonds is 6. The van der Waals surface area contributed by atoms with Gasteiger partial charge in [0.1, 0.15) is 5.82 Å². The van der Waals surface area contributed by atoms with Crippen LogP contribution in [0.1, 0.15) is 13.8 Å². The SMILES string of the molecule is CC.COc1cc(N=Nc2ccc(S(=O)(=O)Nc3ccccn3)cc2)ccc1O. The molecule has 0 amide bonds. The smallest absolute Gasteiger partial charge is 0.263 e. The van der Waals surface area contributed by atoms with Gasteiger partial charge in [-0.25, -0.2) is 13.4 Å². The first-order chi connectivity index (χ1) is 14.0. The maximum atomic E-state index is 12.4. The van der Waals surface area contributed by atoms with Crippen molar-refractivity contribution in [2.45, 2.75) is 18.7 Å². The van der Waals surface area contributed by atoms with Gasteiger partial charge < -0.3 is 9.84 Å². The van der Waals surface area contributed by atoms with Crippen LogP contribution >= 0.6 is 0 Å². The molecule has 29 heavy (non-hydrogen) atoms. The third-order valence-electron chi connectivity index (χ3n) is 3.50. The Morgan fingerprint density at radius 2 is 1.62 bits per heavy atom. The molecule has 0 fully saturated rings. The van der Waals surface area contributed by atoms with E-state index in [4.69, 9.17) is 4.74 Å². The molecule has 0 saturated heterocycles. The lowest BCUT2D eigenvalue weighted by Crippen LogP contribution is -2.13. The number of anilines is 1. The van der Waals surface area contributed by atoms with Gasteiger partial charge in [0.05, 0.1) is 23.4 Å². The number of sulfonamides is 1. The molecule has 0 radical (unpaired) electrons. The molecule has 1 aromatic heterocycles. The molecule has 0 saturated carbocycles. The Balaban J connectivity index is 0.00000145. The molecule has 2 aromatic carbocycles. The molecular formula is C20H22N4O4S. The van der Waals surface area contributed by atoms with E-state index < -0.39 is 10.0 Å². The summed E-state index contributed by atoms with van der Waals surface area (Å²) in [6.45, 7) is 4.00. The van der Waals surface area contributed by atoms with E-state index >= 15 is 0 Å². The highest BCUT2D eigenvalue weighted by Crippen LogP contribution is 2.31. The Labute approximate surface area is 170 Å². The second-order valence-electron chi connectivity index (χ2n) is 5.37. The van der Waals surface area contributed by atoms with Gasteiger partial charge in [-0.3, -0.25) is 4.72 Å². The summed E-state index contributed by atoms with van der Waals surface area (Å²) in [7, 11) is -2.30. The summed E-state index contributed by atoms with van der Waals surface area (Å²) in [5.41, 5.74) is 0.956. The molecule has 2 N–H and O–H groups in total. The summed E-state index contributed by atoms with van der Waals surface area (Å²) in [6, 6.07) is 15.4. The fourth-order valence-corrected chi connectivity index (χ4v) is 3.16. The van der Waals surface area contributed by atoms with Gasteiger partial charge in [0.15, 0.2) is 11.5 Å².